The molecule has 1 aromatic rings. The van der Waals surface area contributed by atoms with Crippen LogP contribution in [0.15, 0.2) is 28.7 Å². The normalized spacial score (nSPS) is 10.9. The van der Waals surface area contributed by atoms with E-state index in [4.69, 9.17) is 9.47 Å². The maximum Gasteiger partial charge on any atom is 0.407 e. The van der Waals surface area contributed by atoms with Crippen LogP contribution >= 0.6 is 15.9 Å². The van der Waals surface area contributed by atoms with Crippen LogP contribution in [0.2, 0.25) is 0 Å². The molecule has 0 saturated carbocycles. The van der Waals surface area contributed by atoms with E-state index in [0.717, 1.165) is 10.2 Å². The van der Waals surface area contributed by atoms with Gasteiger partial charge in [-0.2, -0.15) is 0 Å². The third-order valence-corrected chi connectivity index (χ3v) is 2.38. The Kier molecular flexibility index (Phi) is 5.47. The highest BCUT2D eigenvalue weighted by Gasteiger charge is 2.15. The first kappa shape index (κ1) is 14.8. The monoisotopic (exact) mass is 315 g/mol. The number of ether oxygens (including phenoxy) is 2. The molecule has 0 spiro atoms. The van der Waals surface area contributed by atoms with Crippen LogP contribution < -0.4 is 10.1 Å². The molecule has 0 aliphatic heterocycles. The lowest BCUT2D eigenvalue weighted by Crippen LogP contribution is -2.34. The lowest BCUT2D eigenvalue weighted by atomic mass is 10.2. The highest BCUT2D eigenvalue weighted by Crippen LogP contribution is 2.15. The molecular formula is C13H18BrNO3. The molecule has 0 aliphatic rings. The van der Waals surface area contributed by atoms with Gasteiger partial charge in [-0.05, 0) is 45.0 Å². The van der Waals surface area contributed by atoms with Crippen LogP contribution in [0.5, 0.6) is 5.75 Å². The van der Waals surface area contributed by atoms with Crippen molar-refractivity contribution in [1.29, 1.82) is 0 Å². The summed E-state index contributed by atoms with van der Waals surface area (Å²) in [7, 11) is 0. The second-order valence-electron chi connectivity index (χ2n) is 4.73. The highest BCUT2D eigenvalue weighted by atomic mass is 79.9. The Labute approximate surface area is 116 Å². The number of alkyl carbamates (subject to hydrolysis) is 1. The number of hydrogen-bond acceptors (Lipinski definition) is 3. The number of carbonyl (C=O) groups excluding carboxylic acids is 1. The first-order valence-electron chi connectivity index (χ1n) is 5.72. The fourth-order valence-corrected chi connectivity index (χ4v) is 1.43. The number of carbonyl (C=O) groups is 1. The first-order valence-corrected chi connectivity index (χ1v) is 6.51. The number of rotatable bonds is 4. The van der Waals surface area contributed by atoms with Gasteiger partial charge in [0.15, 0.2) is 0 Å². The lowest BCUT2D eigenvalue weighted by Gasteiger charge is -2.19. The number of hydrogen-bond donors (Lipinski definition) is 1. The van der Waals surface area contributed by atoms with Crippen molar-refractivity contribution in [2.45, 2.75) is 26.4 Å². The average molecular weight is 316 g/mol. The minimum Gasteiger partial charge on any atom is -0.492 e. The largest absolute Gasteiger partial charge is 0.492 e. The number of halogens is 1. The molecule has 0 fully saturated rings. The minimum atomic E-state index is -0.476. The SMILES string of the molecule is CC(C)(C)OC(=O)NCCOc1ccc(Br)cc1. The molecule has 0 radical (unpaired) electrons. The van der Waals surface area contributed by atoms with E-state index in [0.29, 0.717) is 13.2 Å². The van der Waals surface area contributed by atoms with Crippen molar-refractivity contribution in [3.05, 3.63) is 28.7 Å². The zero-order chi connectivity index (χ0) is 13.6. The lowest BCUT2D eigenvalue weighted by molar-refractivity contribution is 0.0520. The summed E-state index contributed by atoms with van der Waals surface area (Å²) >= 11 is 3.35. The van der Waals surface area contributed by atoms with Gasteiger partial charge in [0.2, 0.25) is 0 Å². The molecule has 0 saturated heterocycles. The number of benzene rings is 1. The van der Waals surface area contributed by atoms with Crippen LogP contribution in [-0.2, 0) is 4.74 Å². The fourth-order valence-electron chi connectivity index (χ4n) is 1.17. The summed E-state index contributed by atoms with van der Waals surface area (Å²) in [6, 6.07) is 7.52. The average Bonchev–Trinajstić information content (AvgIpc) is 2.24. The summed E-state index contributed by atoms with van der Waals surface area (Å²) in [6.45, 7) is 6.28. The van der Waals surface area contributed by atoms with E-state index in [9.17, 15) is 4.79 Å². The molecule has 0 atom stereocenters. The van der Waals surface area contributed by atoms with Gasteiger partial charge in [-0.3, -0.25) is 0 Å². The van der Waals surface area contributed by atoms with Gasteiger partial charge >= 0.3 is 6.09 Å². The fraction of sp³-hybridized carbons (Fsp3) is 0.462. The van der Waals surface area contributed by atoms with Crippen molar-refractivity contribution in [3.63, 3.8) is 0 Å². The highest BCUT2D eigenvalue weighted by molar-refractivity contribution is 9.10. The molecule has 1 aromatic carbocycles. The van der Waals surface area contributed by atoms with Gasteiger partial charge < -0.3 is 14.8 Å². The molecule has 1 N–H and O–H groups in total. The molecule has 1 rings (SSSR count). The van der Waals surface area contributed by atoms with Gasteiger partial charge in [0.05, 0.1) is 6.54 Å². The van der Waals surface area contributed by atoms with Crippen molar-refractivity contribution in [3.8, 4) is 5.75 Å². The second kappa shape index (κ2) is 6.64. The predicted molar refractivity (Wildman–Crippen MR) is 73.9 cm³/mol. The number of nitrogens with one attached hydrogen (secondary N) is 1. The quantitative estimate of drug-likeness (QED) is 0.867. The Morgan fingerprint density at radius 3 is 2.44 bits per heavy atom. The number of amides is 1. The molecule has 0 bridgehead atoms. The Morgan fingerprint density at radius 2 is 1.89 bits per heavy atom. The smallest absolute Gasteiger partial charge is 0.407 e. The maximum absolute atomic E-state index is 11.3. The van der Waals surface area contributed by atoms with E-state index >= 15 is 0 Å². The Hall–Kier alpha value is -1.23. The summed E-state index contributed by atoms with van der Waals surface area (Å²) in [5.74, 6) is 0.768. The summed E-state index contributed by atoms with van der Waals surface area (Å²) in [4.78, 5) is 11.3. The van der Waals surface area contributed by atoms with Crippen LogP contribution in [0.3, 0.4) is 0 Å². The second-order valence-corrected chi connectivity index (χ2v) is 5.65. The van der Waals surface area contributed by atoms with Crippen LogP contribution in [0.25, 0.3) is 0 Å². The predicted octanol–water partition coefficient (Wildman–Crippen LogP) is 3.35. The van der Waals surface area contributed by atoms with Crippen LogP contribution in [0, 0.1) is 0 Å². The molecule has 0 aliphatic carbocycles. The topological polar surface area (TPSA) is 47.6 Å². The van der Waals surface area contributed by atoms with Gasteiger partial charge in [-0.25, -0.2) is 4.79 Å². The standard InChI is InChI=1S/C13H18BrNO3/c1-13(2,3)18-12(16)15-8-9-17-11-6-4-10(14)5-7-11/h4-7H,8-9H2,1-3H3,(H,15,16). The molecule has 0 unspecified atom stereocenters. The van der Waals surface area contributed by atoms with Crippen molar-refractivity contribution in [2.75, 3.05) is 13.2 Å². The Morgan fingerprint density at radius 1 is 1.28 bits per heavy atom. The first-order chi connectivity index (χ1) is 8.37. The molecule has 18 heavy (non-hydrogen) atoms. The van der Waals surface area contributed by atoms with Gasteiger partial charge in [-0.15, -0.1) is 0 Å². The summed E-state index contributed by atoms with van der Waals surface area (Å²) < 4.78 is 11.5. The van der Waals surface area contributed by atoms with Crippen molar-refractivity contribution >= 4 is 22.0 Å². The van der Waals surface area contributed by atoms with E-state index in [1.165, 1.54) is 0 Å². The van der Waals surface area contributed by atoms with E-state index in [1.54, 1.807) is 0 Å². The van der Waals surface area contributed by atoms with Gasteiger partial charge in [0.1, 0.15) is 18.0 Å². The van der Waals surface area contributed by atoms with Gasteiger partial charge in [0, 0.05) is 4.47 Å². The van der Waals surface area contributed by atoms with Crippen molar-refractivity contribution in [2.24, 2.45) is 0 Å². The Balaban J connectivity index is 2.19. The third kappa shape index (κ3) is 6.49. The molecule has 4 nitrogen and oxygen atoms in total. The van der Waals surface area contributed by atoms with E-state index < -0.39 is 11.7 Å². The molecule has 100 valence electrons. The van der Waals surface area contributed by atoms with Gasteiger partial charge in [-0.1, -0.05) is 15.9 Å². The van der Waals surface area contributed by atoms with Gasteiger partial charge in [0.25, 0.3) is 0 Å². The van der Waals surface area contributed by atoms with Crippen molar-refractivity contribution < 1.29 is 14.3 Å². The third-order valence-electron chi connectivity index (χ3n) is 1.85. The zero-order valence-electron chi connectivity index (χ0n) is 10.8. The summed E-state index contributed by atoms with van der Waals surface area (Å²) in [6.07, 6.45) is -0.429. The van der Waals surface area contributed by atoms with Crippen LogP contribution in [-0.4, -0.2) is 24.8 Å². The molecular weight excluding hydrogens is 298 g/mol. The van der Waals surface area contributed by atoms with Crippen molar-refractivity contribution in [1.82, 2.24) is 5.32 Å². The zero-order valence-corrected chi connectivity index (χ0v) is 12.4. The molecule has 0 aromatic heterocycles. The minimum absolute atomic E-state index is 0.404. The summed E-state index contributed by atoms with van der Waals surface area (Å²) in [5, 5.41) is 2.63. The van der Waals surface area contributed by atoms with E-state index in [1.807, 2.05) is 45.0 Å². The maximum atomic E-state index is 11.3. The molecule has 5 heteroatoms. The molecule has 0 heterocycles. The van der Waals surface area contributed by atoms with Crippen LogP contribution in [0.1, 0.15) is 20.8 Å². The van der Waals surface area contributed by atoms with E-state index in [2.05, 4.69) is 21.2 Å². The van der Waals surface area contributed by atoms with E-state index in [-0.39, 0.29) is 0 Å². The summed E-state index contributed by atoms with van der Waals surface area (Å²) in [5.41, 5.74) is -0.476. The molecule has 1 amide bonds. The Bertz CT molecular complexity index is 384. The van der Waals surface area contributed by atoms with Crippen LogP contribution in [0.4, 0.5) is 4.79 Å².